The first-order valence-electron chi connectivity index (χ1n) is 8.06. The quantitative estimate of drug-likeness (QED) is 0.913. The fourth-order valence-electron chi connectivity index (χ4n) is 3.26. The van der Waals surface area contributed by atoms with Crippen LogP contribution in [0.25, 0.3) is 0 Å². The maximum Gasteiger partial charge on any atom is 0.332 e. The third-order valence-electron chi connectivity index (χ3n) is 4.70. The van der Waals surface area contributed by atoms with Crippen molar-refractivity contribution in [1.29, 1.82) is 0 Å². The summed E-state index contributed by atoms with van der Waals surface area (Å²) in [7, 11) is 0. The van der Waals surface area contributed by atoms with E-state index in [0.717, 1.165) is 30.1 Å². The van der Waals surface area contributed by atoms with Crippen LogP contribution in [-0.2, 0) is 14.3 Å². The molecule has 2 fully saturated rings. The van der Waals surface area contributed by atoms with Crippen LogP contribution in [0.3, 0.4) is 0 Å². The number of piperidine rings is 1. The van der Waals surface area contributed by atoms with Gasteiger partial charge in [0.05, 0.1) is 10.7 Å². The standard InChI is InChI=1S/C16H22N2O4S/c1-9-10(2)23-14(17-9)11-4-3-7-18(8-11)15(19)12-5-6-13(22-12)16(20)21/h11-13H,3-8H2,1-2H3,(H,20,21)/t11?,12-,13+/m0/s1. The van der Waals surface area contributed by atoms with Crippen LogP contribution in [0.4, 0.5) is 0 Å². The maximum absolute atomic E-state index is 12.6. The summed E-state index contributed by atoms with van der Waals surface area (Å²) in [6, 6.07) is 0. The first-order valence-corrected chi connectivity index (χ1v) is 8.88. The number of ether oxygens (including phenoxy) is 1. The molecule has 0 radical (unpaired) electrons. The second-order valence-corrected chi connectivity index (χ2v) is 7.58. The zero-order valence-electron chi connectivity index (χ0n) is 13.4. The molecule has 7 heteroatoms. The fourth-order valence-corrected chi connectivity index (χ4v) is 4.30. The molecule has 1 amide bonds. The molecule has 1 unspecified atom stereocenters. The molecule has 2 aliphatic rings. The van der Waals surface area contributed by atoms with Crippen LogP contribution in [0.2, 0.25) is 0 Å². The van der Waals surface area contributed by atoms with E-state index in [9.17, 15) is 9.59 Å². The molecule has 0 saturated carbocycles. The van der Waals surface area contributed by atoms with Gasteiger partial charge in [0.1, 0.15) is 6.10 Å². The molecule has 1 aromatic rings. The van der Waals surface area contributed by atoms with Crippen LogP contribution in [0.5, 0.6) is 0 Å². The average Bonchev–Trinajstić information content (AvgIpc) is 3.15. The topological polar surface area (TPSA) is 79.7 Å². The van der Waals surface area contributed by atoms with Gasteiger partial charge in [-0.2, -0.15) is 0 Å². The summed E-state index contributed by atoms with van der Waals surface area (Å²) in [6.45, 7) is 5.46. The number of hydrogen-bond acceptors (Lipinski definition) is 5. The molecule has 3 heterocycles. The molecule has 6 nitrogen and oxygen atoms in total. The molecule has 23 heavy (non-hydrogen) atoms. The number of carbonyl (C=O) groups excluding carboxylic acids is 1. The summed E-state index contributed by atoms with van der Waals surface area (Å²) in [5.41, 5.74) is 1.07. The van der Waals surface area contributed by atoms with Crippen LogP contribution < -0.4 is 0 Å². The van der Waals surface area contributed by atoms with Gasteiger partial charge >= 0.3 is 5.97 Å². The lowest BCUT2D eigenvalue weighted by Gasteiger charge is -2.33. The van der Waals surface area contributed by atoms with E-state index in [1.54, 1.807) is 11.3 Å². The Labute approximate surface area is 139 Å². The number of rotatable bonds is 3. The lowest BCUT2D eigenvalue weighted by molar-refractivity contribution is -0.155. The van der Waals surface area contributed by atoms with E-state index in [2.05, 4.69) is 11.9 Å². The highest BCUT2D eigenvalue weighted by atomic mass is 32.1. The minimum absolute atomic E-state index is 0.0662. The van der Waals surface area contributed by atoms with Gasteiger partial charge in [0.25, 0.3) is 5.91 Å². The van der Waals surface area contributed by atoms with E-state index >= 15 is 0 Å². The van der Waals surface area contributed by atoms with Gasteiger partial charge in [0.2, 0.25) is 0 Å². The normalized spacial score (nSPS) is 28.1. The van der Waals surface area contributed by atoms with Crippen LogP contribution in [0.1, 0.15) is 47.2 Å². The van der Waals surface area contributed by atoms with E-state index < -0.39 is 18.2 Å². The minimum Gasteiger partial charge on any atom is -0.479 e. The van der Waals surface area contributed by atoms with E-state index in [1.807, 2.05) is 11.8 Å². The van der Waals surface area contributed by atoms with Gasteiger partial charge in [-0.25, -0.2) is 9.78 Å². The van der Waals surface area contributed by atoms with E-state index in [1.165, 1.54) is 4.88 Å². The molecule has 3 atom stereocenters. The van der Waals surface area contributed by atoms with Crippen LogP contribution in [0.15, 0.2) is 0 Å². The Hall–Kier alpha value is -1.47. The Kier molecular flexibility index (Phi) is 4.68. The molecular formula is C16H22N2O4S. The molecule has 3 rings (SSSR count). The van der Waals surface area contributed by atoms with Crippen molar-refractivity contribution in [3.8, 4) is 0 Å². The second-order valence-electron chi connectivity index (χ2n) is 6.35. The van der Waals surface area contributed by atoms with E-state index in [-0.39, 0.29) is 11.8 Å². The van der Waals surface area contributed by atoms with Crippen molar-refractivity contribution in [2.75, 3.05) is 13.1 Å². The van der Waals surface area contributed by atoms with Gasteiger partial charge in [0, 0.05) is 23.9 Å². The number of hydrogen-bond donors (Lipinski definition) is 1. The monoisotopic (exact) mass is 338 g/mol. The number of carboxylic acid groups (broad SMARTS) is 1. The molecule has 126 valence electrons. The Morgan fingerprint density at radius 3 is 2.61 bits per heavy atom. The second kappa shape index (κ2) is 6.57. The smallest absolute Gasteiger partial charge is 0.332 e. The summed E-state index contributed by atoms with van der Waals surface area (Å²) in [5, 5.41) is 10.1. The highest BCUT2D eigenvalue weighted by molar-refractivity contribution is 7.11. The molecule has 0 aliphatic carbocycles. The van der Waals surface area contributed by atoms with Crippen molar-refractivity contribution >= 4 is 23.2 Å². The third kappa shape index (κ3) is 3.40. The van der Waals surface area contributed by atoms with Crippen molar-refractivity contribution in [2.45, 2.75) is 57.7 Å². The first-order chi connectivity index (χ1) is 11.0. The molecule has 2 aliphatic heterocycles. The number of carboxylic acids is 1. The van der Waals surface area contributed by atoms with Crippen molar-refractivity contribution in [3.05, 3.63) is 15.6 Å². The SMILES string of the molecule is Cc1nc(C2CCCN(C(=O)[C@@H]3CC[C@H](C(=O)O)O3)C2)sc1C. The summed E-state index contributed by atoms with van der Waals surface area (Å²) < 4.78 is 5.40. The van der Waals surface area contributed by atoms with Crippen LogP contribution >= 0.6 is 11.3 Å². The summed E-state index contributed by atoms with van der Waals surface area (Å²) in [4.78, 5) is 31.3. The minimum atomic E-state index is -0.981. The van der Waals surface area contributed by atoms with Crippen LogP contribution in [0, 0.1) is 13.8 Å². The average molecular weight is 338 g/mol. The summed E-state index contributed by atoms with van der Waals surface area (Å²) >= 11 is 1.71. The highest BCUT2D eigenvalue weighted by Gasteiger charge is 2.38. The largest absolute Gasteiger partial charge is 0.479 e. The number of amides is 1. The Morgan fingerprint density at radius 1 is 1.26 bits per heavy atom. The third-order valence-corrected chi connectivity index (χ3v) is 5.93. The Morgan fingerprint density at radius 2 is 2.00 bits per heavy atom. The van der Waals surface area contributed by atoms with Crippen molar-refractivity contribution in [1.82, 2.24) is 9.88 Å². The summed E-state index contributed by atoms with van der Waals surface area (Å²) in [5.74, 6) is -0.768. The highest BCUT2D eigenvalue weighted by Crippen LogP contribution is 2.32. The van der Waals surface area contributed by atoms with Gasteiger partial charge in [0.15, 0.2) is 6.10 Å². The number of carbonyl (C=O) groups is 2. The first kappa shape index (κ1) is 16.4. The maximum atomic E-state index is 12.6. The zero-order valence-corrected chi connectivity index (χ0v) is 14.3. The van der Waals surface area contributed by atoms with Crippen molar-refractivity contribution in [3.63, 3.8) is 0 Å². The molecule has 1 aromatic heterocycles. The number of nitrogens with zero attached hydrogens (tertiary/aromatic N) is 2. The Balaban J connectivity index is 1.64. The van der Waals surface area contributed by atoms with Gasteiger partial charge in [-0.1, -0.05) is 0 Å². The molecular weight excluding hydrogens is 316 g/mol. The number of thiazole rings is 1. The lowest BCUT2D eigenvalue weighted by atomic mass is 9.98. The van der Waals surface area contributed by atoms with Crippen molar-refractivity contribution in [2.24, 2.45) is 0 Å². The number of aliphatic carboxylic acids is 1. The number of aryl methyl sites for hydroxylation is 2. The van der Waals surface area contributed by atoms with E-state index in [0.29, 0.717) is 19.4 Å². The molecule has 0 aromatic carbocycles. The Bertz CT molecular complexity index is 596. The molecule has 0 bridgehead atoms. The predicted octanol–water partition coefficient (Wildman–Crippen LogP) is 2.10. The van der Waals surface area contributed by atoms with E-state index in [4.69, 9.17) is 9.84 Å². The lowest BCUT2D eigenvalue weighted by Crippen LogP contribution is -2.44. The van der Waals surface area contributed by atoms with Crippen LogP contribution in [-0.4, -0.2) is 52.2 Å². The van der Waals surface area contributed by atoms with Crippen molar-refractivity contribution < 1.29 is 19.4 Å². The van der Waals surface area contributed by atoms with Gasteiger partial charge in [-0.3, -0.25) is 4.79 Å². The predicted molar refractivity (Wildman–Crippen MR) is 85.7 cm³/mol. The molecule has 0 spiro atoms. The molecule has 1 N–H and O–H groups in total. The number of likely N-dealkylation sites (tertiary alicyclic amines) is 1. The molecule has 2 saturated heterocycles. The van der Waals surface area contributed by atoms with Gasteiger partial charge in [-0.15, -0.1) is 11.3 Å². The fraction of sp³-hybridized carbons (Fsp3) is 0.688. The van der Waals surface area contributed by atoms with Gasteiger partial charge < -0.3 is 14.7 Å². The van der Waals surface area contributed by atoms with Gasteiger partial charge in [-0.05, 0) is 39.5 Å². The number of aromatic nitrogens is 1. The summed E-state index contributed by atoms with van der Waals surface area (Å²) in [6.07, 6.45) is 1.45. The zero-order chi connectivity index (χ0) is 16.6.